The summed E-state index contributed by atoms with van der Waals surface area (Å²) in [5, 5.41) is 6.48. The highest BCUT2D eigenvalue weighted by molar-refractivity contribution is 5.86. The fourth-order valence-corrected chi connectivity index (χ4v) is 4.71. The molecule has 0 unspecified atom stereocenters. The molecule has 0 amide bonds. The lowest BCUT2D eigenvalue weighted by molar-refractivity contribution is -0.145. The SMILES string of the molecule is CCOC(=O)COc1cccc([C@@H]2CC[C@@H](N[C@H](C)c3cccc4ccccc34)C2)c1. The second kappa shape index (κ2) is 9.97. The van der Waals surface area contributed by atoms with E-state index < -0.39 is 0 Å². The van der Waals surface area contributed by atoms with Crippen molar-refractivity contribution in [1.82, 2.24) is 5.32 Å². The first-order chi connectivity index (χ1) is 15.1. The summed E-state index contributed by atoms with van der Waals surface area (Å²) in [6.45, 7) is 4.38. The zero-order valence-electron chi connectivity index (χ0n) is 18.3. The van der Waals surface area contributed by atoms with Gasteiger partial charge in [-0.1, -0.05) is 54.6 Å². The highest BCUT2D eigenvalue weighted by atomic mass is 16.6. The summed E-state index contributed by atoms with van der Waals surface area (Å²) >= 11 is 0. The molecular weight excluding hydrogens is 386 g/mol. The van der Waals surface area contributed by atoms with Crippen LogP contribution in [-0.4, -0.2) is 25.2 Å². The van der Waals surface area contributed by atoms with E-state index >= 15 is 0 Å². The number of benzene rings is 3. The highest BCUT2D eigenvalue weighted by Gasteiger charge is 2.27. The van der Waals surface area contributed by atoms with Crippen molar-refractivity contribution >= 4 is 16.7 Å². The molecule has 1 fully saturated rings. The molecule has 1 saturated carbocycles. The molecule has 0 heterocycles. The summed E-state index contributed by atoms with van der Waals surface area (Å²) in [6.07, 6.45) is 3.42. The quantitative estimate of drug-likeness (QED) is 0.473. The topological polar surface area (TPSA) is 47.6 Å². The zero-order valence-corrected chi connectivity index (χ0v) is 18.3. The van der Waals surface area contributed by atoms with Crippen LogP contribution in [-0.2, 0) is 9.53 Å². The van der Waals surface area contributed by atoms with Crippen molar-refractivity contribution in [1.29, 1.82) is 0 Å². The molecule has 1 aliphatic carbocycles. The molecule has 4 rings (SSSR count). The lowest BCUT2D eigenvalue weighted by Crippen LogP contribution is -2.29. The third kappa shape index (κ3) is 5.26. The van der Waals surface area contributed by atoms with Crippen LogP contribution in [0.5, 0.6) is 5.75 Å². The molecule has 0 saturated heterocycles. The van der Waals surface area contributed by atoms with Gasteiger partial charge in [0, 0.05) is 12.1 Å². The minimum atomic E-state index is -0.333. The molecule has 4 heteroatoms. The van der Waals surface area contributed by atoms with Crippen LogP contribution in [0.2, 0.25) is 0 Å². The van der Waals surface area contributed by atoms with E-state index in [4.69, 9.17) is 9.47 Å². The van der Waals surface area contributed by atoms with Gasteiger partial charge in [-0.25, -0.2) is 4.79 Å². The van der Waals surface area contributed by atoms with Crippen LogP contribution in [0.3, 0.4) is 0 Å². The Bertz CT molecular complexity index is 1030. The molecular formula is C27H31NO3. The predicted octanol–water partition coefficient (Wildman–Crippen LogP) is 5.77. The van der Waals surface area contributed by atoms with Gasteiger partial charge in [-0.2, -0.15) is 0 Å². The average molecular weight is 418 g/mol. The van der Waals surface area contributed by atoms with Gasteiger partial charge in [-0.3, -0.25) is 0 Å². The van der Waals surface area contributed by atoms with Gasteiger partial charge < -0.3 is 14.8 Å². The standard InChI is InChI=1S/C27H31NO3/c1-3-30-27(29)18-31-24-11-6-10-21(17-24)22-14-15-23(16-22)28-19(2)25-13-7-9-20-8-4-5-12-26(20)25/h4-13,17,19,22-23,28H,3,14-16,18H2,1-2H3/t19-,22-,23-/m1/s1. The summed E-state index contributed by atoms with van der Waals surface area (Å²) in [5.41, 5.74) is 2.64. The lowest BCUT2D eigenvalue weighted by atomic mass is 9.96. The van der Waals surface area contributed by atoms with Gasteiger partial charge in [0.25, 0.3) is 0 Å². The summed E-state index contributed by atoms with van der Waals surface area (Å²) in [5.74, 6) is 0.898. The van der Waals surface area contributed by atoms with Crippen LogP contribution in [0, 0.1) is 0 Å². The van der Waals surface area contributed by atoms with Gasteiger partial charge in [0.1, 0.15) is 5.75 Å². The minimum Gasteiger partial charge on any atom is -0.482 e. The Morgan fingerprint density at radius 1 is 1.06 bits per heavy atom. The molecule has 1 aliphatic rings. The highest BCUT2D eigenvalue weighted by Crippen LogP contribution is 2.37. The lowest BCUT2D eigenvalue weighted by Gasteiger charge is -2.21. The number of esters is 1. The van der Waals surface area contributed by atoms with E-state index in [0.29, 0.717) is 24.6 Å². The summed E-state index contributed by atoms with van der Waals surface area (Å²) < 4.78 is 10.6. The monoisotopic (exact) mass is 417 g/mol. The van der Waals surface area contributed by atoms with E-state index in [0.717, 1.165) is 25.0 Å². The maximum Gasteiger partial charge on any atom is 0.344 e. The fraction of sp³-hybridized carbons (Fsp3) is 0.370. The van der Waals surface area contributed by atoms with Gasteiger partial charge in [0.15, 0.2) is 6.61 Å². The molecule has 1 N–H and O–H groups in total. The normalized spacial score (nSPS) is 19.3. The second-order valence-electron chi connectivity index (χ2n) is 8.33. The Kier molecular flexibility index (Phi) is 6.88. The van der Waals surface area contributed by atoms with E-state index in [1.807, 2.05) is 12.1 Å². The van der Waals surface area contributed by atoms with Crippen LogP contribution in [0.1, 0.15) is 56.2 Å². The Morgan fingerprint density at radius 3 is 2.74 bits per heavy atom. The third-order valence-electron chi connectivity index (χ3n) is 6.20. The smallest absolute Gasteiger partial charge is 0.344 e. The van der Waals surface area contributed by atoms with Gasteiger partial charge in [0.2, 0.25) is 0 Å². The number of hydrogen-bond acceptors (Lipinski definition) is 4. The second-order valence-corrected chi connectivity index (χ2v) is 8.33. The first-order valence-electron chi connectivity index (χ1n) is 11.3. The number of ether oxygens (including phenoxy) is 2. The number of hydrogen-bond donors (Lipinski definition) is 1. The number of nitrogens with one attached hydrogen (secondary N) is 1. The molecule has 0 aliphatic heterocycles. The number of carbonyl (C=O) groups excluding carboxylic acids is 1. The maximum atomic E-state index is 11.5. The van der Waals surface area contributed by atoms with E-state index in [2.05, 4.69) is 66.8 Å². The summed E-state index contributed by atoms with van der Waals surface area (Å²) in [6, 6.07) is 24.1. The number of carbonyl (C=O) groups is 1. The number of rotatable bonds is 8. The van der Waals surface area contributed by atoms with Gasteiger partial charge in [-0.05, 0) is 73.1 Å². The zero-order chi connectivity index (χ0) is 21.6. The van der Waals surface area contributed by atoms with Gasteiger partial charge in [0.05, 0.1) is 6.61 Å². The van der Waals surface area contributed by atoms with Crippen LogP contribution in [0.25, 0.3) is 10.8 Å². The maximum absolute atomic E-state index is 11.5. The average Bonchev–Trinajstić information content (AvgIpc) is 3.26. The molecule has 0 radical (unpaired) electrons. The Morgan fingerprint density at radius 2 is 1.87 bits per heavy atom. The van der Waals surface area contributed by atoms with Gasteiger partial charge >= 0.3 is 5.97 Å². The Labute approximate surface area is 184 Å². The van der Waals surface area contributed by atoms with Crippen molar-refractivity contribution in [3.63, 3.8) is 0 Å². The predicted molar refractivity (Wildman–Crippen MR) is 124 cm³/mol. The Hall–Kier alpha value is -2.85. The van der Waals surface area contributed by atoms with Crippen molar-refractivity contribution in [2.24, 2.45) is 0 Å². The molecule has 0 spiro atoms. The van der Waals surface area contributed by atoms with Crippen LogP contribution in [0.15, 0.2) is 66.7 Å². The first kappa shape index (κ1) is 21.4. The third-order valence-corrected chi connectivity index (χ3v) is 6.20. The molecule has 0 bridgehead atoms. The van der Waals surface area contributed by atoms with Crippen molar-refractivity contribution in [2.75, 3.05) is 13.2 Å². The van der Waals surface area contributed by atoms with E-state index in [-0.39, 0.29) is 12.6 Å². The molecule has 3 atom stereocenters. The van der Waals surface area contributed by atoms with E-state index in [1.54, 1.807) is 6.92 Å². The minimum absolute atomic E-state index is 0.0469. The molecule has 3 aromatic rings. The summed E-state index contributed by atoms with van der Waals surface area (Å²) in [4.78, 5) is 11.5. The van der Waals surface area contributed by atoms with Crippen LogP contribution < -0.4 is 10.1 Å². The molecule has 162 valence electrons. The first-order valence-corrected chi connectivity index (χ1v) is 11.3. The summed E-state index contributed by atoms with van der Waals surface area (Å²) in [7, 11) is 0. The van der Waals surface area contributed by atoms with Crippen LogP contribution in [0.4, 0.5) is 0 Å². The van der Waals surface area contributed by atoms with E-state index in [1.165, 1.54) is 21.9 Å². The largest absolute Gasteiger partial charge is 0.482 e. The molecule has 31 heavy (non-hydrogen) atoms. The van der Waals surface area contributed by atoms with Gasteiger partial charge in [-0.15, -0.1) is 0 Å². The number of fused-ring (bicyclic) bond motifs is 1. The Balaban J connectivity index is 1.37. The van der Waals surface area contributed by atoms with Crippen molar-refractivity contribution < 1.29 is 14.3 Å². The van der Waals surface area contributed by atoms with Crippen LogP contribution >= 0.6 is 0 Å². The molecule has 3 aromatic carbocycles. The van der Waals surface area contributed by atoms with Crippen molar-refractivity contribution in [3.8, 4) is 5.75 Å². The van der Waals surface area contributed by atoms with Crippen molar-refractivity contribution in [2.45, 2.75) is 51.1 Å². The molecule has 0 aromatic heterocycles. The van der Waals surface area contributed by atoms with Crippen molar-refractivity contribution in [3.05, 3.63) is 77.9 Å². The fourth-order valence-electron chi connectivity index (χ4n) is 4.71. The van der Waals surface area contributed by atoms with E-state index in [9.17, 15) is 4.79 Å². The molecule has 4 nitrogen and oxygen atoms in total.